The highest BCUT2D eigenvalue weighted by atomic mass is 16.5. The Kier molecular flexibility index (Phi) is 36.5. The first-order valence-corrected chi connectivity index (χ1v) is 20.8. The van der Waals surface area contributed by atoms with E-state index in [1.54, 1.807) is 0 Å². The number of hydrogen-bond acceptors (Lipinski definition) is 2. The van der Waals surface area contributed by atoms with Gasteiger partial charge in [0, 0.05) is 6.42 Å². The Labute approximate surface area is 279 Å². The fraction of sp³-hybridized carbons (Fsp3) is 0.976. The summed E-state index contributed by atoms with van der Waals surface area (Å²) < 4.78 is 5.62. The van der Waals surface area contributed by atoms with Crippen molar-refractivity contribution in [2.24, 2.45) is 5.92 Å². The SMILES string of the molecule is CCCCCCCCC(CCCCCCCC)CCCCCCCCCCCCCCC(=O)OC(C)CCCCCCCC. The maximum Gasteiger partial charge on any atom is 0.306 e. The van der Waals surface area contributed by atoms with E-state index < -0.39 is 0 Å². The van der Waals surface area contributed by atoms with Crippen LogP contribution in [0.5, 0.6) is 0 Å². The fourth-order valence-electron chi connectivity index (χ4n) is 6.88. The van der Waals surface area contributed by atoms with Crippen molar-refractivity contribution in [1.29, 1.82) is 0 Å². The molecule has 0 aromatic carbocycles. The molecule has 0 aromatic heterocycles. The van der Waals surface area contributed by atoms with Crippen LogP contribution in [0.4, 0.5) is 0 Å². The molecule has 0 rings (SSSR count). The van der Waals surface area contributed by atoms with E-state index in [9.17, 15) is 4.79 Å². The average Bonchev–Trinajstić information content (AvgIpc) is 3.01. The third-order valence-corrected chi connectivity index (χ3v) is 9.97. The molecule has 264 valence electrons. The molecule has 0 saturated carbocycles. The van der Waals surface area contributed by atoms with Gasteiger partial charge in [-0.2, -0.15) is 0 Å². The van der Waals surface area contributed by atoms with E-state index in [-0.39, 0.29) is 12.1 Å². The highest BCUT2D eigenvalue weighted by molar-refractivity contribution is 5.69. The summed E-state index contributed by atoms with van der Waals surface area (Å²) in [5.74, 6) is 1.03. The highest BCUT2D eigenvalue weighted by Crippen LogP contribution is 2.25. The van der Waals surface area contributed by atoms with Gasteiger partial charge in [0.15, 0.2) is 0 Å². The molecular weight excluding hydrogens is 536 g/mol. The molecule has 0 amide bonds. The molecule has 2 heteroatoms. The Morgan fingerprint density at radius 2 is 0.659 bits per heavy atom. The predicted octanol–water partition coefficient (Wildman–Crippen LogP) is 15.2. The van der Waals surface area contributed by atoms with Gasteiger partial charge in [-0.15, -0.1) is 0 Å². The summed E-state index contributed by atoms with van der Waals surface area (Å²) in [4.78, 5) is 12.1. The van der Waals surface area contributed by atoms with Crippen molar-refractivity contribution in [1.82, 2.24) is 0 Å². The molecule has 0 bridgehead atoms. The van der Waals surface area contributed by atoms with E-state index in [0.717, 1.165) is 18.8 Å². The van der Waals surface area contributed by atoms with Crippen LogP contribution in [0.25, 0.3) is 0 Å². The van der Waals surface area contributed by atoms with Crippen molar-refractivity contribution in [2.45, 2.75) is 259 Å². The van der Waals surface area contributed by atoms with Crippen LogP contribution in [0.2, 0.25) is 0 Å². The largest absolute Gasteiger partial charge is 0.463 e. The molecule has 0 saturated heterocycles. The van der Waals surface area contributed by atoms with Crippen LogP contribution in [0.15, 0.2) is 0 Å². The van der Waals surface area contributed by atoms with Crippen molar-refractivity contribution in [2.75, 3.05) is 0 Å². The maximum absolute atomic E-state index is 12.1. The second-order valence-corrected chi connectivity index (χ2v) is 14.6. The lowest BCUT2D eigenvalue weighted by molar-refractivity contribution is -0.148. The van der Waals surface area contributed by atoms with Gasteiger partial charge in [-0.1, -0.05) is 220 Å². The third-order valence-electron chi connectivity index (χ3n) is 9.97. The minimum absolute atomic E-state index is 0.0228. The zero-order valence-electron chi connectivity index (χ0n) is 31.2. The minimum atomic E-state index is 0.0228. The van der Waals surface area contributed by atoms with Crippen molar-refractivity contribution in [3.05, 3.63) is 0 Å². The summed E-state index contributed by atoms with van der Waals surface area (Å²) >= 11 is 0. The lowest BCUT2D eigenvalue weighted by Gasteiger charge is -2.17. The Morgan fingerprint density at radius 3 is 1.00 bits per heavy atom. The first kappa shape index (κ1) is 43.5. The van der Waals surface area contributed by atoms with Gasteiger partial charge in [0.25, 0.3) is 0 Å². The Morgan fingerprint density at radius 1 is 0.386 bits per heavy atom. The van der Waals surface area contributed by atoms with Gasteiger partial charge in [0.05, 0.1) is 6.10 Å². The second-order valence-electron chi connectivity index (χ2n) is 14.6. The number of esters is 1. The number of ether oxygens (including phenoxy) is 1. The number of hydrogen-bond donors (Lipinski definition) is 0. The van der Waals surface area contributed by atoms with Gasteiger partial charge in [-0.05, 0) is 32.1 Å². The molecule has 0 spiro atoms. The van der Waals surface area contributed by atoms with E-state index in [4.69, 9.17) is 4.74 Å². The molecule has 0 heterocycles. The molecule has 0 aliphatic heterocycles. The highest BCUT2D eigenvalue weighted by Gasteiger charge is 2.10. The van der Waals surface area contributed by atoms with Crippen molar-refractivity contribution in [3.63, 3.8) is 0 Å². The van der Waals surface area contributed by atoms with Crippen LogP contribution < -0.4 is 0 Å². The summed E-state index contributed by atoms with van der Waals surface area (Å²) in [6, 6.07) is 0. The van der Waals surface area contributed by atoms with Gasteiger partial charge in [0.1, 0.15) is 0 Å². The lowest BCUT2D eigenvalue weighted by atomic mass is 9.89. The molecule has 2 nitrogen and oxygen atoms in total. The van der Waals surface area contributed by atoms with Gasteiger partial charge < -0.3 is 4.74 Å². The Bertz CT molecular complexity index is 528. The summed E-state index contributed by atoms with van der Waals surface area (Å²) in [7, 11) is 0. The van der Waals surface area contributed by atoms with Crippen LogP contribution in [-0.2, 0) is 9.53 Å². The summed E-state index contributed by atoms with van der Waals surface area (Å²) in [5, 5.41) is 0. The van der Waals surface area contributed by atoms with Gasteiger partial charge in [-0.3, -0.25) is 4.79 Å². The van der Waals surface area contributed by atoms with Crippen LogP contribution in [0, 0.1) is 5.92 Å². The fourth-order valence-corrected chi connectivity index (χ4v) is 6.88. The normalized spacial score (nSPS) is 12.3. The zero-order chi connectivity index (χ0) is 32.2. The lowest BCUT2D eigenvalue weighted by Crippen LogP contribution is -2.14. The molecule has 44 heavy (non-hydrogen) atoms. The van der Waals surface area contributed by atoms with E-state index in [1.165, 1.54) is 205 Å². The quantitative estimate of drug-likeness (QED) is 0.0510. The number of rotatable bonds is 37. The molecular formula is C42H84O2. The maximum atomic E-state index is 12.1. The van der Waals surface area contributed by atoms with Crippen LogP contribution in [0.3, 0.4) is 0 Å². The molecule has 0 N–H and O–H groups in total. The van der Waals surface area contributed by atoms with Gasteiger partial charge in [0.2, 0.25) is 0 Å². The number of unbranched alkanes of at least 4 members (excludes halogenated alkanes) is 26. The smallest absolute Gasteiger partial charge is 0.306 e. The summed E-state index contributed by atoms with van der Waals surface area (Å²) in [6.45, 7) is 8.96. The average molecular weight is 621 g/mol. The van der Waals surface area contributed by atoms with E-state index >= 15 is 0 Å². The van der Waals surface area contributed by atoms with E-state index in [0.29, 0.717) is 6.42 Å². The topological polar surface area (TPSA) is 26.3 Å². The second kappa shape index (κ2) is 36.9. The van der Waals surface area contributed by atoms with E-state index in [1.807, 2.05) is 0 Å². The first-order valence-electron chi connectivity index (χ1n) is 20.8. The van der Waals surface area contributed by atoms with Crippen molar-refractivity contribution >= 4 is 5.97 Å². The van der Waals surface area contributed by atoms with Gasteiger partial charge in [-0.25, -0.2) is 0 Å². The number of carbonyl (C=O) groups is 1. The van der Waals surface area contributed by atoms with Gasteiger partial charge >= 0.3 is 5.97 Å². The Balaban J connectivity index is 3.64. The molecule has 0 aliphatic rings. The first-order chi connectivity index (χ1) is 21.6. The molecule has 0 aliphatic carbocycles. The van der Waals surface area contributed by atoms with Crippen molar-refractivity contribution < 1.29 is 9.53 Å². The Hall–Kier alpha value is -0.530. The molecule has 1 unspecified atom stereocenters. The van der Waals surface area contributed by atoms with Crippen LogP contribution in [0.1, 0.15) is 252 Å². The van der Waals surface area contributed by atoms with Crippen LogP contribution >= 0.6 is 0 Å². The van der Waals surface area contributed by atoms with E-state index in [2.05, 4.69) is 27.7 Å². The standard InChI is InChI=1S/C42H84O2/c1-5-8-11-14-25-30-35-40(4)44-42(43)39-34-29-24-22-20-18-17-19-21-23-28-33-38-41(36-31-26-15-12-9-6-2)37-32-27-16-13-10-7-3/h40-41H,5-39H2,1-4H3. The molecule has 0 fully saturated rings. The summed E-state index contributed by atoms with van der Waals surface area (Å²) in [6.07, 6.45) is 47.6. The predicted molar refractivity (Wildman–Crippen MR) is 198 cm³/mol. The minimum Gasteiger partial charge on any atom is -0.463 e. The third kappa shape index (κ3) is 34.3. The number of carbonyl (C=O) groups excluding carboxylic acids is 1. The van der Waals surface area contributed by atoms with Crippen molar-refractivity contribution in [3.8, 4) is 0 Å². The molecule has 1 atom stereocenters. The van der Waals surface area contributed by atoms with Crippen LogP contribution in [-0.4, -0.2) is 12.1 Å². The monoisotopic (exact) mass is 621 g/mol. The zero-order valence-corrected chi connectivity index (χ0v) is 31.2. The summed E-state index contributed by atoms with van der Waals surface area (Å²) in [5.41, 5.74) is 0. The molecule has 0 aromatic rings. The molecule has 0 radical (unpaired) electrons.